The predicted molar refractivity (Wildman–Crippen MR) is 113 cm³/mol. The quantitative estimate of drug-likeness (QED) is 0.0947. The maximum atomic E-state index is 12.5. The Morgan fingerprint density at radius 1 is 0.727 bits per heavy atom. The van der Waals surface area contributed by atoms with Gasteiger partial charge in [-0.1, -0.05) is 0 Å². The summed E-state index contributed by atoms with van der Waals surface area (Å²) in [6.07, 6.45) is -2.31. The number of nitrogens with one attached hydrogen (secondary N) is 3. The SMILES string of the molecule is NC(=O)CC(NC(=O)C(N)CCC(=O)O)C(=O)NC(CS)C(=O)NC(CCC(=O)O)C(=O)O. The molecule has 0 rings (SSSR count). The van der Waals surface area contributed by atoms with E-state index in [9.17, 15) is 33.6 Å². The van der Waals surface area contributed by atoms with E-state index in [1.807, 2.05) is 0 Å². The van der Waals surface area contributed by atoms with Gasteiger partial charge >= 0.3 is 17.9 Å². The van der Waals surface area contributed by atoms with Crippen LogP contribution in [0.3, 0.4) is 0 Å². The molecule has 0 spiro atoms. The second-order valence-corrected chi connectivity index (χ2v) is 7.21. The molecule has 15 nitrogen and oxygen atoms in total. The Morgan fingerprint density at radius 3 is 1.64 bits per heavy atom. The number of hydrogen-bond donors (Lipinski definition) is 9. The topological polar surface area (TPSA) is 268 Å². The highest BCUT2D eigenvalue weighted by Crippen LogP contribution is 2.02. The number of carbonyl (C=O) groups excluding carboxylic acids is 4. The van der Waals surface area contributed by atoms with Crippen LogP contribution in [0.25, 0.3) is 0 Å². The van der Waals surface area contributed by atoms with E-state index >= 15 is 0 Å². The molecule has 16 heteroatoms. The zero-order valence-electron chi connectivity index (χ0n) is 17.4. The number of aliphatic carboxylic acids is 3. The van der Waals surface area contributed by atoms with Crippen molar-refractivity contribution < 1.29 is 48.9 Å². The van der Waals surface area contributed by atoms with Gasteiger partial charge in [0.25, 0.3) is 0 Å². The van der Waals surface area contributed by atoms with E-state index in [2.05, 4.69) is 28.6 Å². The molecule has 0 aliphatic heterocycles. The molecule has 0 aliphatic carbocycles. The third kappa shape index (κ3) is 12.3. The summed E-state index contributed by atoms with van der Waals surface area (Å²) < 4.78 is 0. The summed E-state index contributed by atoms with van der Waals surface area (Å²) in [5, 5.41) is 32.8. The lowest BCUT2D eigenvalue weighted by Gasteiger charge is -2.23. The van der Waals surface area contributed by atoms with Gasteiger partial charge in [0.05, 0.1) is 12.5 Å². The van der Waals surface area contributed by atoms with E-state index in [1.54, 1.807) is 0 Å². The molecule has 0 saturated heterocycles. The molecule has 186 valence electrons. The number of thiol groups is 1. The van der Waals surface area contributed by atoms with Crippen LogP contribution in [-0.2, 0) is 33.6 Å². The second kappa shape index (κ2) is 14.6. The molecule has 0 saturated carbocycles. The Balaban J connectivity index is 5.24. The van der Waals surface area contributed by atoms with Gasteiger partial charge in [-0.05, 0) is 12.8 Å². The monoisotopic (exact) mass is 493 g/mol. The fraction of sp³-hybridized carbons (Fsp3) is 0.588. The minimum absolute atomic E-state index is 0.249. The number of carboxylic acids is 3. The Bertz CT molecular complexity index is 777. The molecule has 0 heterocycles. The Hall–Kier alpha value is -3.40. The highest BCUT2D eigenvalue weighted by atomic mass is 32.1. The van der Waals surface area contributed by atoms with Gasteiger partial charge in [-0.2, -0.15) is 12.6 Å². The zero-order valence-corrected chi connectivity index (χ0v) is 18.2. The molecular formula is C17H27N5O10S. The highest BCUT2D eigenvalue weighted by molar-refractivity contribution is 7.80. The van der Waals surface area contributed by atoms with Crippen LogP contribution >= 0.6 is 12.6 Å². The third-order valence-electron chi connectivity index (χ3n) is 4.12. The first-order valence-corrected chi connectivity index (χ1v) is 10.1. The van der Waals surface area contributed by atoms with Crippen LogP contribution in [0.15, 0.2) is 0 Å². The van der Waals surface area contributed by atoms with Crippen LogP contribution in [0.5, 0.6) is 0 Å². The first-order valence-electron chi connectivity index (χ1n) is 9.50. The normalized spacial score (nSPS) is 14.1. The lowest BCUT2D eigenvalue weighted by Crippen LogP contribution is -2.58. The van der Waals surface area contributed by atoms with Crippen molar-refractivity contribution >= 4 is 54.2 Å². The maximum Gasteiger partial charge on any atom is 0.326 e. The first kappa shape index (κ1) is 29.6. The standard InChI is InChI=1S/C17H27N5O10S/c18-7(1-3-12(24)25)14(28)21-9(5-11(19)23)15(29)22-10(6-33)16(30)20-8(17(31)32)2-4-13(26)27/h7-10,33H,1-6,18H2,(H2,19,23)(H,20,30)(H,21,28)(H,22,29)(H,24,25)(H,26,27)(H,31,32). The number of hydrogen-bond acceptors (Lipinski definition) is 9. The van der Waals surface area contributed by atoms with Crippen molar-refractivity contribution in [2.75, 3.05) is 5.75 Å². The zero-order chi connectivity index (χ0) is 25.7. The smallest absolute Gasteiger partial charge is 0.326 e. The lowest BCUT2D eigenvalue weighted by molar-refractivity contribution is -0.143. The van der Waals surface area contributed by atoms with E-state index in [4.69, 9.17) is 26.8 Å². The Kier molecular flexibility index (Phi) is 13.1. The van der Waals surface area contributed by atoms with Crippen molar-refractivity contribution in [3.8, 4) is 0 Å². The molecule has 0 aromatic heterocycles. The molecular weight excluding hydrogens is 466 g/mol. The summed E-state index contributed by atoms with van der Waals surface area (Å²) in [5.74, 6) is -8.26. The van der Waals surface area contributed by atoms with E-state index in [0.29, 0.717) is 0 Å². The fourth-order valence-electron chi connectivity index (χ4n) is 2.36. The van der Waals surface area contributed by atoms with Crippen LogP contribution in [0.2, 0.25) is 0 Å². The second-order valence-electron chi connectivity index (χ2n) is 6.85. The molecule has 4 unspecified atom stereocenters. The number of nitrogens with two attached hydrogens (primary N) is 2. The molecule has 0 aliphatic rings. The molecule has 0 radical (unpaired) electrons. The first-order chi connectivity index (χ1) is 15.3. The fourth-order valence-corrected chi connectivity index (χ4v) is 2.62. The van der Waals surface area contributed by atoms with Crippen LogP contribution < -0.4 is 27.4 Å². The molecule has 4 amide bonds. The van der Waals surface area contributed by atoms with Gasteiger partial charge in [-0.3, -0.25) is 28.8 Å². The summed E-state index contributed by atoms with van der Waals surface area (Å²) in [4.78, 5) is 80.8. The highest BCUT2D eigenvalue weighted by Gasteiger charge is 2.30. The van der Waals surface area contributed by atoms with E-state index < -0.39 is 91.4 Å². The minimum atomic E-state index is -1.57. The van der Waals surface area contributed by atoms with Crippen molar-refractivity contribution in [1.82, 2.24) is 16.0 Å². The summed E-state index contributed by atoms with van der Waals surface area (Å²) in [7, 11) is 0. The molecule has 33 heavy (non-hydrogen) atoms. The van der Waals surface area contributed by atoms with E-state index in [-0.39, 0.29) is 12.2 Å². The van der Waals surface area contributed by atoms with E-state index in [0.717, 1.165) is 0 Å². The van der Waals surface area contributed by atoms with Gasteiger partial charge < -0.3 is 42.7 Å². The largest absolute Gasteiger partial charge is 0.481 e. The average Bonchev–Trinajstić information content (AvgIpc) is 2.71. The molecule has 4 atom stereocenters. The van der Waals surface area contributed by atoms with Crippen LogP contribution in [0.1, 0.15) is 32.1 Å². The van der Waals surface area contributed by atoms with Crippen LogP contribution in [0.4, 0.5) is 0 Å². The lowest BCUT2D eigenvalue weighted by atomic mass is 10.1. The van der Waals surface area contributed by atoms with Crippen molar-refractivity contribution in [1.29, 1.82) is 0 Å². The van der Waals surface area contributed by atoms with Gasteiger partial charge in [0.2, 0.25) is 23.6 Å². The van der Waals surface area contributed by atoms with Crippen molar-refractivity contribution in [2.45, 2.75) is 56.3 Å². The van der Waals surface area contributed by atoms with Gasteiger partial charge in [0, 0.05) is 18.6 Å². The summed E-state index contributed by atoms with van der Waals surface area (Å²) in [5.41, 5.74) is 10.6. The van der Waals surface area contributed by atoms with Gasteiger partial charge in [0.15, 0.2) is 0 Å². The van der Waals surface area contributed by atoms with Crippen LogP contribution in [-0.4, -0.2) is 86.8 Å². The summed E-state index contributed by atoms with van der Waals surface area (Å²) in [6.45, 7) is 0. The number of carbonyl (C=O) groups is 7. The third-order valence-corrected chi connectivity index (χ3v) is 4.49. The van der Waals surface area contributed by atoms with E-state index in [1.165, 1.54) is 0 Å². The average molecular weight is 493 g/mol. The predicted octanol–water partition coefficient (Wildman–Crippen LogP) is -3.61. The van der Waals surface area contributed by atoms with Crippen molar-refractivity contribution in [3.05, 3.63) is 0 Å². The molecule has 10 N–H and O–H groups in total. The Morgan fingerprint density at radius 2 is 1.18 bits per heavy atom. The molecule has 0 fully saturated rings. The number of carboxylic acid groups (broad SMARTS) is 3. The van der Waals surface area contributed by atoms with Crippen LogP contribution in [0, 0.1) is 0 Å². The molecule has 0 aromatic carbocycles. The number of primary amides is 1. The van der Waals surface area contributed by atoms with Crippen molar-refractivity contribution in [3.63, 3.8) is 0 Å². The number of amides is 4. The minimum Gasteiger partial charge on any atom is -0.481 e. The van der Waals surface area contributed by atoms with Gasteiger partial charge in [0.1, 0.15) is 18.1 Å². The van der Waals surface area contributed by atoms with Crippen molar-refractivity contribution in [2.24, 2.45) is 11.5 Å². The van der Waals surface area contributed by atoms with Gasteiger partial charge in [-0.25, -0.2) is 4.79 Å². The molecule has 0 aromatic rings. The molecule has 0 bridgehead atoms. The summed E-state index contributed by atoms with van der Waals surface area (Å²) in [6, 6.07) is -5.84. The number of rotatable bonds is 16. The van der Waals surface area contributed by atoms with Gasteiger partial charge in [-0.15, -0.1) is 0 Å². The summed E-state index contributed by atoms with van der Waals surface area (Å²) >= 11 is 3.90. The maximum absolute atomic E-state index is 12.5. The Labute approximate surface area is 193 Å².